The number of phenols is 1. The lowest BCUT2D eigenvalue weighted by molar-refractivity contribution is 0.0971. The second-order valence-corrected chi connectivity index (χ2v) is 8.10. The molecule has 1 atom stereocenters. The number of hydrogen-bond acceptors (Lipinski definition) is 5. The minimum Gasteiger partial charge on any atom is -0.508 e. The highest BCUT2D eigenvalue weighted by molar-refractivity contribution is 9.10. The second-order valence-electron chi connectivity index (χ2n) is 7.19. The summed E-state index contributed by atoms with van der Waals surface area (Å²) >= 11 is 3.39. The third kappa shape index (κ3) is 3.09. The molecule has 5 rings (SSSR count). The first-order valence-corrected chi connectivity index (χ1v) is 10.3. The number of halogens is 1. The second kappa shape index (κ2) is 7.28. The maximum Gasteiger partial charge on any atom is 0.295 e. The molecule has 1 aromatic heterocycles. The first-order chi connectivity index (χ1) is 15.0. The molecular formula is C24H16BrNO5. The zero-order chi connectivity index (χ0) is 21.7. The Labute approximate surface area is 185 Å². The maximum atomic E-state index is 13.5. The van der Waals surface area contributed by atoms with E-state index in [0.717, 1.165) is 4.47 Å². The quantitative estimate of drug-likeness (QED) is 0.448. The molecule has 1 unspecified atom stereocenters. The largest absolute Gasteiger partial charge is 0.508 e. The van der Waals surface area contributed by atoms with Crippen LogP contribution in [0.3, 0.4) is 0 Å². The normalized spacial score (nSPS) is 15.4. The highest BCUT2D eigenvalue weighted by atomic mass is 79.9. The van der Waals surface area contributed by atoms with Crippen LogP contribution in [-0.2, 0) is 0 Å². The molecule has 6 nitrogen and oxygen atoms in total. The molecule has 31 heavy (non-hydrogen) atoms. The Kier molecular flexibility index (Phi) is 4.55. The Hall–Kier alpha value is -3.58. The summed E-state index contributed by atoms with van der Waals surface area (Å²) in [5, 5.41) is 10.4. The van der Waals surface area contributed by atoms with Crippen LogP contribution in [0.4, 0.5) is 5.69 Å². The molecule has 1 N–H and O–H groups in total. The highest BCUT2D eigenvalue weighted by Crippen LogP contribution is 2.42. The monoisotopic (exact) mass is 477 g/mol. The number of rotatable bonds is 3. The molecule has 1 aliphatic rings. The van der Waals surface area contributed by atoms with E-state index in [1.165, 1.54) is 11.0 Å². The van der Waals surface area contributed by atoms with Gasteiger partial charge < -0.3 is 14.3 Å². The number of carbonyl (C=O) groups is 1. The Balaban J connectivity index is 1.82. The van der Waals surface area contributed by atoms with Crippen molar-refractivity contribution in [2.45, 2.75) is 6.04 Å². The first-order valence-electron chi connectivity index (χ1n) is 9.50. The summed E-state index contributed by atoms with van der Waals surface area (Å²) in [6.45, 7) is 0. The Bertz CT molecular complexity index is 1410. The van der Waals surface area contributed by atoms with Gasteiger partial charge in [-0.15, -0.1) is 0 Å². The summed E-state index contributed by atoms with van der Waals surface area (Å²) in [7, 11) is 1.54. The number of ether oxygens (including phenoxy) is 1. The fraction of sp³-hybridized carbons (Fsp3) is 0.0833. The average Bonchev–Trinajstić information content (AvgIpc) is 3.07. The third-order valence-electron chi connectivity index (χ3n) is 5.35. The van der Waals surface area contributed by atoms with E-state index >= 15 is 0 Å². The standard InChI is InChI=1S/C24H16BrNO5/c1-30-17-7-3-5-15(12-17)26-21(13-4-2-6-16(27)10-13)20-22(28)18-11-14(25)8-9-19(18)31-23(20)24(26)29/h2-12,21,27H,1H3. The molecule has 0 bridgehead atoms. The number of nitrogens with zero attached hydrogens (tertiary/aromatic N) is 1. The molecule has 0 radical (unpaired) electrons. The van der Waals surface area contributed by atoms with Crippen LogP contribution in [0.5, 0.6) is 11.5 Å². The van der Waals surface area contributed by atoms with E-state index in [1.807, 2.05) is 0 Å². The van der Waals surface area contributed by atoms with Crippen LogP contribution < -0.4 is 15.1 Å². The Morgan fingerprint density at radius 3 is 2.61 bits per heavy atom. The Morgan fingerprint density at radius 1 is 1.03 bits per heavy atom. The van der Waals surface area contributed by atoms with E-state index in [4.69, 9.17) is 9.15 Å². The zero-order valence-electron chi connectivity index (χ0n) is 16.3. The molecule has 0 spiro atoms. The minimum atomic E-state index is -0.763. The van der Waals surface area contributed by atoms with Gasteiger partial charge >= 0.3 is 0 Å². The van der Waals surface area contributed by atoms with Gasteiger partial charge in [-0.25, -0.2) is 0 Å². The van der Waals surface area contributed by atoms with Crippen molar-refractivity contribution < 1.29 is 19.1 Å². The number of benzene rings is 3. The van der Waals surface area contributed by atoms with Crippen LogP contribution in [0, 0.1) is 0 Å². The summed E-state index contributed by atoms with van der Waals surface area (Å²) in [4.78, 5) is 28.5. The highest BCUT2D eigenvalue weighted by Gasteiger charge is 2.43. The van der Waals surface area contributed by atoms with Crippen molar-refractivity contribution in [1.82, 2.24) is 0 Å². The molecule has 1 amide bonds. The molecule has 0 fully saturated rings. The van der Waals surface area contributed by atoms with Crippen LogP contribution in [0.1, 0.15) is 27.7 Å². The van der Waals surface area contributed by atoms with Crippen molar-refractivity contribution in [3.63, 3.8) is 0 Å². The lowest BCUT2D eigenvalue weighted by Crippen LogP contribution is -2.29. The summed E-state index contributed by atoms with van der Waals surface area (Å²) in [6.07, 6.45) is 0. The van der Waals surface area contributed by atoms with E-state index in [2.05, 4.69) is 15.9 Å². The van der Waals surface area contributed by atoms with E-state index in [0.29, 0.717) is 28.0 Å². The molecule has 4 aromatic rings. The zero-order valence-corrected chi connectivity index (χ0v) is 17.9. The van der Waals surface area contributed by atoms with Gasteiger partial charge in [0, 0.05) is 16.2 Å². The molecule has 2 heterocycles. The smallest absolute Gasteiger partial charge is 0.295 e. The maximum absolute atomic E-state index is 13.5. The lowest BCUT2D eigenvalue weighted by Gasteiger charge is -2.25. The fourth-order valence-electron chi connectivity index (χ4n) is 3.98. The molecule has 0 saturated heterocycles. The number of methoxy groups -OCH3 is 1. The topological polar surface area (TPSA) is 80.0 Å². The van der Waals surface area contributed by atoms with Gasteiger partial charge in [0.1, 0.15) is 17.1 Å². The van der Waals surface area contributed by atoms with Crippen LogP contribution in [-0.4, -0.2) is 18.1 Å². The number of anilines is 1. The molecule has 3 aromatic carbocycles. The minimum absolute atomic E-state index is 0.00372. The van der Waals surface area contributed by atoms with E-state index in [1.54, 1.807) is 67.8 Å². The number of aromatic hydroxyl groups is 1. The molecule has 1 aliphatic heterocycles. The molecular weight excluding hydrogens is 462 g/mol. The summed E-state index contributed by atoms with van der Waals surface area (Å²) < 4.78 is 12.0. The van der Waals surface area contributed by atoms with Gasteiger partial charge in [0.25, 0.3) is 5.91 Å². The van der Waals surface area contributed by atoms with E-state index in [9.17, 15) is 14.7 Å². The van der Waals surface area contributed by atoms with E-state index in [-0.39, 0.29) is 22.5 Å². The number of carbonyl (C=O) groups excluding carboxylic acids is 1. The van der Waals surface area contributed by atoms with Crippen molar-refractivity contribution in [3.05, 3.63) is 98.3 Å². The Morgan fingerprint density at radius 2 is 1.84 bits per heavy atom. The van der Waals surface area contributed by atoms with Gasteiger partial charge in [0.15, 0.2) is 5.43 Å². The van der Waals surface area contributed by atoms with Gasteiger partial charge in [-0.2, -0.15) is 0 Å². The van der Waals surface area contributed by atoms with Crippen molar-refractivity contribution >= 4 is 38.5 Å². The van der Waals surface area contributed by atoms with Gasteiger partial charge in [-0.05, 0) is 48.0 Å². The molecule has 0 aliphatic carbocycles. The first kappa shape index (κ1) is 19.4. The van der Waals surface area contributed by atoms with Gasteiger partial charge in [-0.1, -0.05) is 34.1 Å². The third-order valence-corrected chi connectivity index (χ3v) is 5.84. The van der Waals surface area contributed by atoms with Gasteiger partial charge in [-0.3, -0.25) is 14.5 Å². The number of amides is 1. The predicted octanol–water partition coefficient (Wildman–Crippen LogP) is 5.02. The predicted molar refractivity (Wildman–Crippen MR) is 120 cm³/mol. The van der Waals surface area contributed by atoms with Crippen molar-refractivity contribution in [2.75, 3.05) is 12.0 Å². The van der Waals surface area contributed by atoms with Crippen LogP contribution in [0.15, 0.2) is 80.4 Å². The van der Waals surface area contributed by atoms with Crippen molar-refractivity contribution in [3.8, 4) is 11.5 Å². The van der Waals surface area contributed by atoms with Crippen molar-refractivity contribution in [2.24, 2.45) is 0 Å². The van der Waals surface area contributed by atoms with Crippen LogP contribution in [0.2, 0.25) is 0 Å². The summed E-state index contributed by atoms with van der Waals surface area (Å²) in [5.74, 6) is 0.177. The number of hydrogen-bond donors (Lipinski definition) is 1. The lowest BCUT2D eigenvalue weighted by atomic mass is 9.98. The average molecular weight is 478 g/mol. The van der Waals surface area contributed by atoms with Gasteiger partial charge in [0.05, 0.1) is 24.1 Å². The molecule has 7 heteroatoms. The van der Waals surface area contributed by atoms with Crippen molar-refractivity contribution in [1.29, 1.82) is 0 Å². The number of phenolic OH excluding ortho intramolecular Hbond substituents is 1. The summed E-state index contributed by atoms with van der Waals surface area (Å²) in [5.41, 5.74) is 1.43. The molecule has 154 valence electrons. The van der Waals surface area contributed by atoms with E-state index < -0.39 is 11.9 Å². The SMILES string of the molecule is COc1cccc(N2C(=O)c3oc4ccc(Br)cc4c(=O)c3C2c2cccc(O)c2)c1. The van der Waals surface area contributed by atoms with Crippen LogP contribution in [0.25, 0.3) is 11.0 Å². The molecule has 0 saturated carbocycles. The van der Waals surface area contributed by atoms with Crippen LogP contribution >= 0.6 is 15.9 Å². The summed E-state index contributed by atoms with van der Waals surface area (Å²) in [6, 6.07) is 17.9. The number of fused-ring (bicyclic) bond motifs is 2. The fourth-order valence-corrected chi connectivity index (χ4v) is 4.34. The van der Waals surface area contributed by atoms with Gasteiger partial charge in [0.2, 0.25) is 5.76 Å².